The zero-order chi connectivity index (χ0) is 10.8. The van der Waals surface area contributed by atoms with Gasteiger partial charge in [0, 0.05) is 6.42 Å². The summed E-state index contributed by atoms with van der Waals surface area (Å²) in [4.78, 5) is 21.3. The number of carbonyl (C=O) groups excluding carboxylic acids is 1. The first kappa shape index (κ1) is 10.1. The molecule has 0 amide bonds. The van der Waals surface area contributed by atoms with Crippen LogP contribution in [0.4, 0.5) is 0 Å². The fraction of sp³-hybridized carbons (Fsp3) is 0.273. The van der Waals surface area contributed by atoms with E-state index < -0.39 is 0 Å². The number of benzene rings is 1. The summed E-state index contributed by atoms with van der Waals surface area (Å²) in [5, 5.41) is 0. The van der Waals surface area contributed by atoms with Crippen LogP contribution in [0.25, 0.3) is 10.3 Å². The SMILES string of the molecule is CC(CC=O)c1cccc2oc(=O)sc12. The predicted octanol–water partition coefficient (Wildman–Crippen LogP) is 2.55. The van der Waals surface area contributed by atoms with E-state index >= 15 is 0 Å². The topological polar surface area (TPSA) is 47.3 Å². The lowest BCUT2D eigenvalue weighted by molar-refractivity contribution is -0.108. The summed E-state index contributed by atoms with van der Waals surface area (Å²) in [5.74, 6) is 0.124. The molecule has 0 aliphatic carbocycles. The van der Waals surface area contributed by atoms with E-state index in [0.29, 0.717) is 12.0 Å². The van der Waals surface area contributed by atoms with Gasteiger partial charge in [0.25, 0.3) is 0 Å². The first-order chi connectivity index (χ1) is 7.22. The van der Waals surface area contributed by atoms with Gasteiger partial charge >= 0.3 is 4.94 Å². The molecule has 1 aromatic heterocycles. The van der Waals surface area contributed by atoms with E-state index in [0.717, 1.165) is 27.9 Å². The van der Waals surface area contributed by atoms with Crippen LogP contribution in [0, 0.1) is 0 Å². The Bertz CT molecular complexity index is 538. The number of carbonyl (C=O) groups is 1. The number of hydrogen-bond acceptors (Lipinski definition) is 4. The third-order valence-electron chi connectivity index (χ3n) is 2.37. The molecule has 4 heteroatoms. The van der Waals surface area contributed by atoms with Crippen molar-refractivity contribution in [1.29, 1.82) is 0 Å². The minimum Gasteiger partial charge on any atom is -0.414 e. The molecular weight excluding hydrogens is 212 g/mol. The Morgan fingerprint density at radius 3 is 3.07 bits per heavy atom. The molecule has 0 aliphatic rings. The van der Waals surface area contributed by atoms with Gasteiger partial charge in [-0.05, 0) is 17.5 Å². The van der Waals surface area contributed by atoms with Crippen LogP contribution in [0.2, 0.25) is 0 Å². The van der Waals surface area contributed by atoms with Gasteiger partial charge in [-0.15, -0.1) is 0 Å². The minimum absolute atomic E-state index is 0.124. The average molecular weight is 222 g/mol. The van der Waals surface area contributed by atoms with Gasteiger partial charge in [-0.1, -0.05) is 30.4 Å². The molecule has 0 fully saturated rings. The highest BCUT2D eigenvalue weighted by molar-refractivity contribution is 7.16. The first-order valence-corrected chi connectivity index (χ1v) is 5.50. The van der Waals surface area contributed by atoms with Crippen LogP contribution in [-0.2, 0) is 4.79 Å². The van der Waals surface area contributed by atoms with Gasteiger partial charge in [0.2, 0.25) is 0 Å². The van der Waals surface area contributed by atoms with E-state index in [1.165, 1.54) is 0 Å². The lowest BCUT2D eigenvalue weighted by Gasteiger charge is -2.07. The summed E-state index contributed by atoms with van der Waals surface area (Å²) >= 11 is 1.09. The zero-order valence-corrected chi connectivity index (χ0v) is 9.04. The molecule has 0 spiro atoms. The molecule has 1 heterocycles. The van der Waals surface area contributed by atoms with Crippen LogP contribution in [0.1, 0.15) is 24.8 Å². The normalized spacial score (nSPS) is 12.9. The van der Waals surface area contributed by atoms with Crippen LogP contribution in [0.3, 0.4) is 0 Å². The summed E-state index contributed by atoms with van der Waals surface area (Å²) in [6.45, 7) is 1.97. The Morgan fingerprint density at radius 2 is 2.33 bits per heavy atom. The summed E-state index contributed by atoms with van der Waals surface area (Å²) in [6, 6.07) is 5.54. The summed E-state index contributed by atoms with van der Waals surface area (Å²) in [6.07, 6.45) is 1.36. The number of fused-ring (bicyclic) bond motifs is 1. The number of aldehydes is 1. The van der Waals surface area contributed by atoms with Crippen molar-refractivity contribution in [1.82, 2.24) is 0 Å². The Morgan fingerprint density at radius 1 is 1.53 bits per heavy atom. The second-order valence-corrected chi connectivity index (χ2v) is 4.38. The van der Waals surface area contributed by atoms with Crippen molar-refractivity contribution in [2.45, 2.75) is 19.3 Å². The van der Waals surface area contributed by atoms with Gasteiger partial charge in [-0.3, -0.25) is 0 Å². The van der Waals surface area contributed by atoms with Gasteiger partial charge in [-0.2, -0.15) is 0 Å². The molecule has 78 valence electrons. The Kier molecular flexibility index (Phi) is 2.68. The molecule has 1 atom stereocenters. The first-order valence-electron chi connectivity index (χ1n) is 4.68. The molecule has 1 unspecified atom stereocenters. The monoisotopic (exact) mass is 222 g/mol. The largest absolute Gasteiger partial charge is 0.414 e. The Balaban J connectivity index is 2.59. The van der Waals surface area contributed by atoms with Crippen molar-refractivity contribution in [2.24, 2.45) is 0 Å². The minimum atomic E-state index is -0.296. The van der Waals surface area contributed by atoms with Crippen LogP contribution in [0.5, 0.6) is 0 Å². The molecule has 1 aromatic carbocycles. The quantitative estimate of drug-likeness (QED) is 0.750. The van der Waals surface area contributed by atoms with E-state index in [2.05, 4.69) is 0 Å². The molecule has 3 nitrogen and oxygen atoms in total. The van der Waals surface area contributed by atoms with Gasteiger partial charge in [-0.25, -0.2) is 4.79 Å². The lowest BCUT2D eigenvalue weighted by atomic mass is 9.98. The van der Waals surface area contributed by atoms with Gasteiger partial charge in [0.15, 0.2) is 0 Å². The second kappa shape index (κ2) is 3.98. The summed E-state index contributed by atoms with van der Waals surface area (Å²) in [5.41, 5.74) is 1.62. The molecule has 2 rings (SSSR count). The zero-order valence-electron chi connectivity index (χ0n) is 8.23. The molecule has 0 N–H and O–H groups in total. The maximum Gasteiger partial charge on any atom is 0.396 e. The summed E-state index contributed by atoms with van der Waals surface area (Å²) < 4.78 is 5.87. The molecule has 0 aliphatic heterocycles. The molecule has 0 saturated heterocycles. The van der Waals surface area contributed by atoms with E-state index in [4.69, 9.17) is 4.42 Å². The lowest BCUT2D eigenvalue weighted by Crippen LogP contribution is -1.93. The highest BCUT2D eigenvalue weighted by Gasteiger charge is 2.12. The van der Waals surface area contributed by atoms with Crippen molar-refractivity contribution >= 4 is 27.9 Å². The van der Waals surface area contributed by atoms with E-state index in [9.17, 15) is 9.59 Å². The highest BCUT2D eigenvalue weighted by atomic mass is 32.1. The van der Waals surface area contributed by atoms with E-state index in [1.807, 2.05) is 19.1 Å². The predicted molar refractivity (Wildman–Crippen MR) is 59.5 cm³/mol. The van der Waals surface area contributed by atoms with E-state index in [1.54, 1.807) is 6.07 Å². The van der Waals surface area contributed by atoms with Crippen molar-refractivity contribution in [3.8, 4) is 0 Å². The third kappa shape index (κ3) is 1.85. The van der Waals surface area contributed by atoms with Crippen LogP contribution >= 0.6 is 11.3 Å². The van der Waals surface area contributed by atoms with Crippen LogP contribution in [-0.4, -0.2) is 6.29 Å². The average Bonchev–Trinajstić information content (AvgIpc) is 2.57. The maximum absolute atomic E-state index is 11.1. The van der Waals surface area contributed by atoms with Gasteiger partial charge in [0.1, 0.15) is 11.9 Å². The second-order valence-electron chi connectivity index (χ2n) is 3.43. The van der Waals surface area contributed by atoms with E-state index in [-0.39, 0.29) is 10.9 Å². The molecule has 0 radical (unpaired) electrons. The Hall–Kier alpha value is -1.42. The van der Waals surface area contributed by atoms with Crippen LogP contribution < -0.4 is 4.94 Å². The molecule has 2 aromatic rings. The maximum atomic E-state index is 11.1. The van der Waals surface area contributed by atoms with Gasteiger partial charge < -0.3 is 9.21 Å². The van der Waals surface area contributed by atoms with Crippen molar-refractivity contribution in [3.63, 3.8) is 0 Å². The smallest absolute Gasteiger partial charge is 0.396 e. The number of rotatable bonds is 3. The molecule has 15 heavy (non-hydrogen) atoms. The van der Waals surface area contributed by atoms with Gasteiger partial charge in [0.05, 0.1) is 4.70 Å². The van der Waals surface area contributed by atoms with Crippen LogP contribution in [0.15, 0.2) is 27.4 Å². The Labute approximate surface area is 90.3 Å². The molecule has 0 bridgehead atoms. The van der Waals surface area contributed by atoms with Crippen molar-refractivity contribution in [3.05, 3.63) is 33.5 Å². The standard InChI is InChI=1S/C11H10O3S/c1-7(5-6-12)8-3-2-4-9-10(8)15-11(13)14-9/h2-4,6-7H,5H2,1H3. The van der Waals surface area contributed by atoms with Crippen molar-refractivity contribution < 1.29 is 9.21 Å². The highest BCUT2D eigenvalue weighted by Crippen LogP contribution is 2.28. The molecular formula is C11H10O3S. The number of hydrogen-bond donors (Lipinski definition) is 0. The fourth-order valence-corrected chi connectivity index (χ4v) is 2.47. The summed E-state index contributed by atoms with van der Waals surface area (Å²) in [7, 11) is 0. The van der Waals surface area contributed by atoms with Crippen molar-refractivity contribution in [2.75, 3.05) is 0 Å². The molecule has 0 saturated carbocycles. The third-order valence-corrected chi connectivity index (χ3v) is 3.26. The fourth-order valence-electron chi connectivity index (χ4n) is 1.58.